The summed E-state index contributed by atoms with van der Waals surface area (Å²) in [5.41, 5.74) is 6.36. The number of benzene rings is 1. The quantitative estimate of drug-likeness (QED) is 0.654. The lowest BCUT2D eigenvalue weighted by Crippen LogP contribution is -2.35. The van der Waals surface area contributed by atoms with Crippen LogP contribution in [0.2, 0.25) is 5.02 Å². The van der Waals surface area contributed by atoms with Crippen LogP contribution in [0, 0.1) is 0 Å². The lowest BCUT2D eigenvalue weighted by Gasteiger charge is -2.11. The van der Waals surface area contributed by atoms with Crippen molar-refractivity contribution in [2.24, 2.45) is 5.73 Å². The summed E-state index contributed by atoms with van der Waals surface area (Å²) in [6.45, 7) is -0.476. The fraction of sp³-hybridized carbons (Fsp3) is 0.273. The van der Waals surface area contributed by atoms with E-state index in [1.165, 1.54) is 0 Å². The molecule has 1 rings (SSSR count). The molecule has 0 fully saturated rings. The van der Waals surface area contributed by atoms with E-state index in [2.05, 4.69) is 4.74 Å². The molecule has 0 spiro atoms. The van der Waals surface area contributed by atoms with Gasteiger partial charge >= 0.3 is 5.97 Å². The summed E-state index contributed by atoms with van der Waals surface area (Å²) in [6, 6.07) is 6.17. The third kappa shape index (κ3) is 4.73. The largest absolute Gasteiger partial charge is 0.455 e. The number of hydrogen-bond acceptors (Lipinski definition) is 4. The van der Waals surface area contributed by atoms with Crippen LogP contribution in [-0.4, -0.2) is 23.9 Å². The van der Waals surface area contributed by atoms with Crippen LogP contribution in [-0.2, 0) is 20.7 Å². The van der Waals surface area contributed by atoms with Crippen LogP contribution in [0.15, 0.2) is 24.3 Å². The average molecular weight is 276 g/mol. The maximum atomic E-state index is 11.4. The predicted molar refractivity (Wildman–Crippen MR) is 65.0 cm³/mol. The molecule has 0 saturated heterocycles. The number of esters is 1. The zero-order valence-corrected chi connectivity index (χ0v) is 10.4. The molecule has 2 N–H and O–H groups in total. The van der Waals surface area contributed by atoms with Crippen molar-refractivity contribution in [1.29, 1.82) is 0 Å². The molecule has 92 valence electrons. The van der Waals surface area contributed by atoms with Crippen molar-refractivity contribution < 1.29 is 14.3 Å². The Bertz CT molecular complexity index is 423. The molecule has 0 aliphatic heterocycles. The topological polar surface area (TPSA) is 69.4 Å². The van der Waals surface area contributed by atoms with Gasteiger partial charge in [0.25, 0.3) is 5.24 Å². The minimum Gasteiger partial charge on any atom is -0.455 e. The number of carbonyl (C=O) groups excluding carboxylic acids is 2. The van der Waals surface area contributed by atoms with Crippen molar-refractivity contribution >= 4 is 34.4 Å². The molecule has 6 heteroatoms. The molecule has 0 heterocycles. The molecule has 0 bridgehead atoms. The number of ether oxygens (including phenoxy) is 1. The second-order valence-electron chi connectivity index (χ2n) is 3.36. The molecule has 17 heavy (non-hydrogen) atoms. The van der Waals surface area contributed by atoms with E-state index in [0.717, 1.165) is 5.56 Å². The molecule has 0 amide bonds. The maximum Gasteiger partial charge on any atom is 0.323 e. The van der Waals surface area contributed by atoms with Gasteiger partial charge in [-0.2, -0.15) is 0 Å². The second kappa shape index (κ2) is 6.59. The van der Waals surface area contributed by atoms with Crippen molar-refractivity contribution in [3.63, 3.8) is 0 Å². The van der Waals surface area contributed by atoms with Gasteiger partial charge in [-0.25, -0.2) is 0 Å². The monoisotopic (exact) mass is 275 g/mol. The fourth-order valence-corrected chi connectivity index (χ4v) is 1.49. The molecule has 0 aliphatic carbocycles. The molecule has 0 aromatic heterocycles. The minimum absolute atomic E-state index is 0.245. The van der Waals surface area contributed by atoms with Gasteiger partial charge in [-0.05, 0) is 29.7 Å². The van der Waals surface area contributed by atoms with E-state index >= 15 is 0 Å². The van der Waals surface area contributed by atoms with Crippen molar-refractivity contribution in [1.82, 2.24) is 0 Å². The van der Waals surface area contributed by atoms with Gasteiger partial charge in [-0.15, -0.1) is 0 Å². The minimum atomic E-state index is -0.870. The van der Waals surface area contributed by atoms with E-state index in [1.807, 2.05) is 0 Å². The lowest BCUT2D eigenvalue weighted by molar-refractivity contribution is -0.147. The first-order valence-electron chi connectivity index (χ1n) is 4.84. The van der Waals surface area contributed by atoms with Crippen LogP contribution in [0.25, 0.3) is 0 Å². The molecule has 1 aromatic carbocycles. The first-order valence-corrected chi connectivity index (χ1v) is 5.60. The summed E-state index contributed by atoms with van der Waals surface area (Å²) < 4.78 is 4.59. The number of rotatable bonds is 5. The Kier molecular flexibility index (Phi) is 5.41. The molecule has 4 nitrogen and oxygen atoms in total. The van der Waals surface area contributed by atoms with Crippen molar-refractivity contribution in [3.8, 4) is 0 Å². The van der Waals surface area contributed by atoms with Crippen molar-refractivity contribution in [2.75, 3.05) is 6.61 Å². The summed E-state index contributed by atoms with van der Waals surface area (Å²) >= 11 is 11.0. The summed E-state index contributed by atoms with van der Waals surface area (Å²) in [5.74, 6) is -0.682. The average Bonchev–Trinajstić information content (AvgIpc) is 2.28. The maximum absolute atomic E-state index is 11.4. The van der Waals surface area contributed by atoms with E-state index < -0.39 is 23.9 Å². The van der Waals surface area contributed by atoms with Gasteiger partial charge in [0.1, 0.15) is 6.04 Å². The number of nitrogens with two attached hydrogens (primary N) is 1. The Morgan fingerprint density at radius 1 is 1.35 bits per heavy atom. The summed E-state index contributed by atoms with van der Waals surface area (Å²) in [4.78, 5) is 21.8. The van der Waals surface area contributed by atoms with E-state index in [0.29, 0.717) is 5.02 Å². The molecule has 1 aromatic rings. The Balaban J connectivity index is 2.54. The van der Waals surface area contributed by atoms with Gasteiger partial charge in [0.15, 0.2) is 6.61 Å². The predicted octanol–water partition coefficient (Wildman–Crippen LogP) is 1.52. The molecule has 0 aliphatic rings. The van der Waals surface area contributed by atoms with E-state index in [1.54, 1.807) is 24.3 Å². The first-order chi connectivity index (χ1) is 8.00. The first kappa shape index (κ1) is 14.0. The normalized spacial score (nSPS) is 11.9. The lowest BCUT2D eigenvalue weighted by atomic mass is 10.1. The van der Waals surface area contributed by atoms with Crippen LogP contribution in [0.1, 0.15) is 5.56 Å². The van der Waals surface area contributed by atoms with Crippen LogP contribution >= 0.6 is 23.2 Å². The smallest absolute Gasteiger partial charge is 0.323 e. The standard InChI is InChI=1S/C11H11Cl2NO3/c12-8-4-2-1-3-7(8)5-9(14)11(16)17-6-10(13)15/h1-4,9H,5-6,14H2. The number of hydrogen-bond donors (Lipinski definition) is 1. The zero-order chi connectivity index (χ0) is 12.8. The SMILES string of the molecule is NC(Cc1ccccc1Cl)C(=O)OCC(=O)Cl. The Labute approximate surface area is 109 Å². The molecular formula is C11H11Cl2NO3. The Morgan fingerprint density at radius 3 is 2.59 bits per heavy atom. The van der Waals surface area contributed by atoms with Crippen LogP contribution in [0.5, 0.6) is 0 Å². The van der Waals surface area contributed by atoms with Gasteiger partial charge in [0, 0.05) is 5.02 Å². The van der Waals surface area contributed by atoms with Gasteiger partial charge in [0.2, 0.25) is 0 Å². The molecule has 0 radical (unpaired) electrons. The highest BCUT2D eigenvalue weighted by molar-refractivity contribution is 6.64. The summed E-state index contributed by atoms with van der Waals surface area (Å²) in [5, 5.41) is -0.215. The Hall–Kier alpha value is -1.10. The highest BCUT2D eigenvalue weighted by Crippen LogP contribution is 2.16. The summed E-state index contributed by atoms with van der Waals surface area (Å²) in [6.07, 6.45) is 0.245. The van der Waals surface area contributed by atoms with Crippen molar-refractivity contribution in [2.45, 2.75) is 12.5 Å². The van der Waals surface area contributed by atoms with Crippen LogP contribution in [0.4, 0.5) is 0 Å². The van der Waals surface area contributed by atoms with Crippen LogP contribution < -0.4 is 5.73 Å². The summed E-state index contributed by atoms with van der Waals surface area (Å²) in [7, 11) is 0. The molecular weight excluding hydrogens is 265 g/mol. The van der Waals surface area contributed by atoms with Crippen LogP contribution in [0.3, 0.4) is 0 Å². The highest BCUT2D eigenvalue weighted by Gasteiger charge is 2.17. The number of halogens is 2. The van der Waals surface area contributed by atoms with Gasteiger partial charge < -0.3 is 10.5 Å². The Morgan fingerprint density at radius 2 is 2.00 bits per heavy atom. The van der Waals surface area contributed by atoms with Crippen molar-refractivity contribution in [3.05, 3.63) is 34.9 Å². The highest BCUT2D eigenvalue weighted by atomic mass is 35.5. The van der Waals surface area contributed by atoms with Gasteiger partial charge in [-0.1, -0.05) is 29.8 Å². The third-order valence-corrected chi connectivity index (χ3v) is 2.51. The molecule has 1 unspecified atom stereocenters. The van der Waals surface area contributed by atoms with Gasteiger partial charge in [0.05, 0.1) is 0 Å². The molecule has 0 saturated carbocycles. The molecule has 1 atom stereocenters. The zero-order valence-electron chi connectivity index (χ0n) is 8.86. The number of carbonyl (C=O) groups is 2. The van der Waals surface area contributed by atoms with E-state index in [9.17, 15) is 9.59 Å². The fourth-order valence-electron chi connectivity index (χ4n) is 1.22. The van der Waals surface area contributed by atoms with E-state index in [4.69, 9.17) is 28.9 Å². The van der Waals surface area contributed by atoms with Gasteiger partial charge in [-0.3, -0.25) is 9.59 Å². The third-order valence-electron chi connectivity index (χ3n) is 2.03. The van der Waals surface area contributed by atoms with E-state index in [-0.39, 0.29) is 6.42 Å². The second-order valence-corrected chi connectivity index (χ2v) is 4.19.